The third-order valence-electron chi connectivity index (χ3n) is 5.47. The molecular formula is C17H23F2N3O4S. The quantitative estimate of drug-likeness (QED) is 0.799. The van der Waals surface area contributed by atoms with Gasteiger partial charge in [-0.3, -0.25) is 0 Å². The van der Waals surface area contributed by atoms with Gasteiger partial charge in [-0.2, -0.15) is 4.31 Å². The van der Waals surface area contributed by atoms with Crippen LogP contribution in [-0.4, -0.2) is 68.1 Å². The fourth-order valence-corrected chi connectivity index (χ4v) is 5.84. The van der Waals surface area contributed by atoms with Gasteiger partial charge in [0.25, 0.3) is 5.92 Å². The van der Waals surface area contributed by atoms with Crippen molar-refractivity contribution in [3.05, 3.63) is 17.8 Å². The Balaban J connectivity index is 1.38. The Morgan fingerprint density at radius 2 is 2.00 bits per heavy atom. The van der Waals surface area contributed by atoms with Crippen molar-refractivity contribution in [2.75, 3.05) is 26.8 Å². The fraction of sp³-hybridized carbons (Fsp3) is 0.706. The third-order valence-corrected chi connectivity index (χ3v) is 7.25. The second kappa shape index (κ2) is 6.33. The lowest BCUT2D eigenvalue weighted by Crippen LogP contribution is -2.63. The minimum atomic E-state index is -3.73. The molecule has 150 valence electrons. The minimum Gasteiger partial charge on any atom is -0.480 e. The summed E-state index contributed by atoms with van der Waals surface area (Å²) in [5.74, 6) is -2.49. The van der Waals surface area contributed by atoms with Crippen LogP contribution in [0.4, 0.5) is 8.78 Å². The van der Waals surface area contributed by atoms with Crippen LogP contribution < -0.4 is 10.1 Å². The van der Waals surface area contributed by atoms with Gasteiger partial charge in [-0.1, -0.05) is 0 Å². The normalized spacial score (nSPS) is 27.3. The molecule has 0 aromatic carbocycles. The summed E-state index contributed by atoms with van der Waals surface area (Å²) in [6.07, 6.45) is 1.88. The van der Waals surface area contributed by atoms with E-state index in [-0.39, 0.29) is 48.8 Å². The molecule has 3 aliphatic rings. The number of aromatic nitrogens is 1. The average Bonchev–Trinajstić information content (AvgIpc) is 2.96. The van der Waals surface area contributed by atoms with Crippen LogP contribution in [0.25, 0.3) is 0 Å². The van der Waals surface area contributed by atoms with Crippen LogP contribution in [0.15, 0.2) is 17.2 Å². The lowest BCUT2D eigenvalue weighted by Gasteiger charge is -2.46. The van der Waals surface area contributed by atoms with Crippen molar-refractivity contribution in [3.8, 4) is 5.88 Å². The van der Waals surface area contributed by atoms with Crippen LogP contribution in [0.3, 0.4) is 0 Å². The Kier molecular flexibility index (Phi) is 4.45. The maximum Gasteiger partial charge on any atom is 0.251 e. The zero-order chi connectivity index (χ0) is 19.4. The molecule has 1 aromatic rings. The molecule has 2 saturated heterocycles. The number of rotatable bonds is 5. The summed E-state index contributed by atoms with van der Waals surface area (Å²) in [4.78, 5) is 4.08. The van der Waals surface area contributed by atoms with Crippen LogP contribution in [0.2, 0.25) is 0 Å². The summed E-state index contributed by atoms with van der Waals surface area (Å²) in [6.45, 7) is 2.66. The maximum absolute atomic E-state index is 13.0. The Morgan fingerprint density at radius 1 is 1.30 bits per heavy atom. The molecule has 4 rings (SSSR count). The molecule has 0 bridgehead atoms. The summed E-state index contributed by atoms with van der Waals surface area (Å²) >= 11 is 0. The number of aryl methyl sites for hydroxylation is 1. The Labute approximate surface area is 157 Å². The van der Waals surface area contributed by atoms with Gasteiger partial charge in [-0.15, -0.1) is 0 Å². The molecule has 10 heteroatoms. The van der Waals surface area contributed by atoms with Gasteiger partial charge in [0.1, 0.15) is 4.90 Å². The van der Waals surface area contributed by atoms with Gasteiger partial charge < -0.3 is 14.8 Å². The van der Waals surface area contributed by atoms with Gasteiger partial charge >= 0.3 is 0 Å². The molecular weight excluding hydrogens is 380 g/mol. The molecule has 1 N–H and O–H groups in total. The Bertz CT molecular complexity index is 835. The van der Waals surface area contributed by atoms with Crippen molar-refractivity contribution in [1.29, 1.82) is 0 Å². The summed E-state index contributed by atoms with van der Waals surface area (Å²) in [6, 6.07) is 1.33. The summed E-state index contributed by atoms with van der Waals surface area (Å²) in [5, 5.41) is 3.20. The fourth-order valence-electron chi connectivity index (χ4n) is 4.06. The van der Waals surface area contributed by atoms with E-state index >= 15 is 0 Å². The van der Waals surface area contributed by atoms with Gasteiger partial charge in [0.2, 0.25) is 15.9 Å². The van der Waals surface area contributed by atoms with Gasteiger partial charge in [-0.05, 0) is 25.0 Å². The van der Waals surface area contributed by atoms with Crippen LogP contribution in [-0.2, 0) is 14.8 Å². The SMILES string of the molecule is COc1ncc(C)cc1S(=O)(=O)N1CC2(CC(NC3CC(F)(F)C3)CO2)C1. The number of hydrogen-bond acceptors (Lipinski definition) is 6. The van der Waals surface area contributed by atoms with Crippen molar-refractivity contribution in [2.24, 2.45) is 0 Å². The van der Waals surface area contributed by atoms with E-state index in [0.29, 0.717) is 13.0 Å². The number of halogens is 2. The molecule has 1 saturated carbocycles. The lowest BCUT2D eigenvalue weighted by molar-refractivity contribution is -0.0949. The number of ether oxygens (including phenoxy) is 2. The summed E-state index contributed by atoms with van der Waals surface area (Å²) in [5.41, 5.74) is 0.185. The van der Waals surface area contributed by atoms with Crippen LogP contribution in [0.1, 0.15) is 24.8 Å². The Morgan fingerprint density at radius 3 is 2.63 bits per heavy atom. The monoisotopic (exact) mass is 403 g/mol. The van der Waals surface area contributed by atoms with Gasteiger partial charge in [0, 0.05) is 44.2 Å². The highest BCUT2D eigenvalue weighted by Gasteiger charge is 2.55. The highest BCUT2D eigenvalue weighted by atomic mass is 32.2. The first-order valence-electron chi connectivity index (χ1n) is 8.91. The van der Waals surface area contributed by atoms with Crippen molar-refractivity contribution < 1.29 is 26.7 Å². The number of nitrogens with zero attached hydrogens (tertiary/aromatic N) is 2. The predicted molar refractivity (Wildman–Crippen MR) is 92.5 cm³/mol. The van der Waals surface area contributed by atoms with E-state index in [1.54, 1.807) is 19.2 Å². The molecule has 3 heterocycles. The molecule has 2 aliphatic heterocycles. The number of alkyl halides is 2. The van der Waals surface area contributed by atoms with Crippen LogP contribution in [0, 0.1) is 6.92 Å². The molecule has 7 nitrogen and oxygen atoms in total. The van der Waals surface area contributed by atoms with E-state index in [4.69, 9.17) is 9.47 Å². The molecule has 3 fully saturated rings. The summed E-state index contributed by atoms with van der Waals surface area (Å²) < 4.78 is 64.1. The van der Waals surface area contributed by atoms with E-state index in [2.05, 4.69) is 10.3 Å². The predicted octanol–water partition coefficient (Wildman–Crippen LogP) is 1.32. The molecule has 27 heavy (non-hydrogen) atoms. The van der Waals surface area contributed by atoms with Crippen molar-refractivity contribution >= 4 is 10.0 Å². The zero-order valence-electron chi connectivity index (χ0n) is 15.2. The Hall–Kier alpha value is -1.36. The smallest absolute Gasteiger partial charge is 0.251 e. The van der Waals surface area contributed by atoms with Crippen molar-refractivity contribution in [1.82, 2.24) is 14.6 Å². The average molecular weight is 403 g/mol. The first-order chi connectivity index (χ1) is 12.6. The number of nitrogens with one attached hydrogen (secondary N) is 1. The molecule has 1 unspecified atom stereocenters. The van der Waals surface area contributed by atoms with Crippen LogP contribution in [0.5, 0.6) is 5.88 Å². The first-order valence-corrected chi connectivity index (χ1v) is 10.4. The number of methoxy groups -OCH3 is 1. The number of pyridine rings is 1. The van der Waals surface area contributed by atoms with E-state index in [1.165, 1.54) is 11.4 Å². The second-order valence-electron chi connectivity index (χ2n) is 7.82. The van der Waals surface area contributed by atoms with E-state index in [0.717, 1.165) is 5.56 Å². The van der Waals surface area contributed by atoms with Crippen molar-refractivity contribution in [3.63, 3.8) is 0 Å². The maximum atomic E-state index is 13.0. The zero-order valence-corrected chi connectivity index (χ0v) is 16.1. The minimum absolute atomic E-state index is 0.0221. The van der Waals surface area contributed by atoms with Crippen LogP contribution >= 0.6 is 0 Å². The third kappa shape index (κ3) is 3.43. The second-order valence-corrected chi connectivity index (χ2v) is 9.72. The molecule has 1 atom stereocenters. The van der Waals surface area contributed by atoms with Gasteiger partial charge in [-0.25, -0.2) is 22.2 Å². The molecule has 1 aliphatic carbocycles. The largest absolute Gasteiger partial charge is 0.480 e. The number of sulfonamides is 1. The topological polar surface area (TPSA) is 80.8 Å². The highest BCUT2D eigenvalue weighted by molar-refractivity contribution is 7.89. The highest BCUT2D eigenvalue weighted by Crippen LogP contribution is 2.42. The molecule has 1 spiro atoms. The van der Waals surface area contributed by atoms with Gasteiger partial charge in [0.15, 0.2) is 0 Å². The van der Waals surface area contributed by atoms with E-state index in [9.17, 15) is 17.2 Å². The van der Waals surface area contributed by atoms with Crippen molar-refractivity contribution in [2.45, 2.75) is 54.7 Å². The number of hydrogen-bond donors (Lipinski definition) is 1. The van der Waals surface area contributed by atoms with E-state index < -0.39 is 21.5 Å². The molecule has 0 radical (unpaired) electrons. The van der Waals surface area contributed by atoms with E-state index in [1.807, 2.05) is 0 Å². The first kappa shape index (κ1) is 19.0. The molecule has 1 aromatic heterocycles. The molecule has 0 amide bonds. The standard InChI is InChI=1S/C17H23F2N3O4S/c1-11-3-14(15(25-2)20-7-11)27(23,24)22-9-16(10-22)4-13(8-26-16)21-12-5-17(18,19)6-12/h3,7,12-13,21H,4-6,8-10H2,1-2H3. The summed E-state index contributed by atoms with van der Waals surface area (Å²) in [7, 11) is -2.35. The van der Waals surface area contributed by atoms with Gasteiger partial charge in [0.05, 0.1) is 19.3 Å². The lowest BCUT2D eigenvalue weighted by atomic mass is 9.86.